The van der Waals surface area contributed by atoms with Crippen molar-refractivity contribution in [1.29, 1.82) is 0 Å². The van der Waals surface area contributed by atoms with Crippen molar-refractivity contribution < 1.29 is 28.1 Å². The van der Waals surface area contributed by atoms with Gasteiger partial charge >= 0.3 is 0 Å². The summed E-state index contributed by atoms with van der Waals surface area (Å²) in [5.41, 5.74) is 1.29. The average Bonchev–Trinajstić information content (AvgIpc) is 3.43. The third-order valence-electron chi connectivity index (χ3n) is 5.35. The summed E-state index contributed by atoms with van der Waals surface area (Å²) in [5, 5.41) is 7.39. The Labute approximate surface area is 202 Å². The molecule has 1 aromatic carbocycles. The number of ether oxygens (including phenoxy) is 4. The molecule has 0 unspecified atom stereocenters. The van der Waals surface area contributed by atoms with E-state index in [0.717, 1.165) is 0 Å². The maximum Gasteiger partial charge on any atom is 0.227 e. The van der Waals surface area contributed by atoms with Crippen LogP contribution in [-0.4, -0.2) is 51.1 Å². The zero-order valence-electron chi connectivity index (χ0n) is 20.1. The topological polar surface area (TPSA) is 110 Å². The van der Waals surface area contributed by atoms with Crippen LogP contribution in [-0.2, 0) is 22.6 Å². The van der Waals surface area contributed by atoms with Gasteiger partial charge in [0.05, 0.1) is 44.5 Å². The number of ketones is 1. The highest BCUT2D eigenvalue weighted by molar-refractivity contribution is 5.96. The molecular weight excluding hydrogens is 457 g/mol. The van der Waals surface area contributed by atoms with Crippen LogP contribution in [0.15, 0.2) is 36.9 Å². The molecule has 1 aliphatic rings. The van der Waals surface area contributed by atoms with Gasteiger partial charge in [-0.1, -0.05) is 6.92 Å². The molecule has 11 heteroatoms. The minimum absolute atomic E-state index is 0.00465. The fourth-order valence-corrected chi connectivity index (χ4v) is 3.61. The van der Waals surface area contributed by atoms with E-state index < -0.39 is 11.6 Å². The van der Waals surface area contributed by atoms with Crippen LogP contribution in [0.25, 0.3) is 0 Å². The van der Waals surface area contributed by atoms with Gasteiger partial charge in [0, 0.05) is 23.7 Å². The number of Topliss-reactive ketones (excluding diaryl/α,β-unsaturated/α-hetero) is 1. The Morgan fingerprint density at radius 2 is 2.06 bits per heavy atom. The van der Waals surface area contributed by atoms with Gasteiger partial charge in [-0.05, 0) is 26.0 Å². The van der Waals surface area contributed by atoms with Crippen molar-refractivity contribution in [2.75, 3.05) is 19.0 Å². The van der Waals surface area contributed by atoms with E-state index in [4.69, 9.17) is 18.9 Å². The second-order valence-electron chi connectivity index (χ2n) is 8.49. The molecule has 10 nitrogen and oxygen atoms in total. The Morgan fingerprint density at radius 1 is 1.29 bits per heavy atom. The van der Waals surface area contributed by atoms with E-state index in [1.807, 2.05) is 20.0 Å². The van der Waals surface area contributed by atoms with E-state index in [1.54, 1.807) is 17.8 Å². The highest BCUT2D eigenvalue weighted by Gasteiger charge is 2.32. The number of nitrogens with one attached hydrogen (secondary N) is 1. The minimum atomic E-state index is -0.579. The third kappa shape index (κ3) is 6.11. The van der Waals surface area contributed by atoms with Crippen molar-refractivity contribution in [2.45, 2.75) is 52.2 Å². The van der Waals surface area contributed by atoms with Gasteiger partial charge in [-0.2, -0.15) is 5.10 Å². The average molecular weight is 486 g/mol. The fourth-order valence-electron chi connectivity index (χ4n) is 3.61. The maximum atomic E-state index is 14.6. The lowest BCUT2D eigenvalue weighted by atomic mass is 10.0. The molecule has 1 N–H and O–H groups in total. The van der Waals surface area contributed by atoms with Crippen molar-refractivity contribution in [1.82, 2.24) is 19.7 Å². The number of nitrogens with zero attached hydrogens (tertiary/aromatic N) is 4. The van der Waals surface area contributed by atoms with E-state index in [9.17, 15) is 9.18 Å². The van der Waals surface area contributed by atoms with Crippen LogP contribution in [0.3, 0.4) is 0 Å². The van der Waals surface area contributed by atoms with Crippen LogP contribution in [0.5, 0.6) is 11.5 Å². The number of carbonyl (C=O) groups excluding carboxylic acids is 1. The first kappa shape index (κ1) is 24.6. The molecule has 1 atom stereocenters. The van der Waals surface area contributed by atoms with Crippen LogP contribution in [0.2, 0.25) is 0 Å². The summed E-state index contributed by atoms with van der Waals surface area (Å²) >= 11 is 0. The van der Waals surface area contributed by atoms with Crippen LogP contribution in [0.1, 0.15) is 43.1 Å². The lowest BCUT2D eigenvalue weighted by Gasteiger charge is -2.16. The van der Waals surface area contributed by atoms with Crippen molar-refractivity contribution in [3.63, 3.8) is 0 Å². The first-order chi connectivity index (χ1) is 16.8. The first-order valence-electron chi connectivity index (χ1n) is 11.2. The number of hydrogen-bond donors (Lipinski definition) is 1. The summed E-state index contributed by atoms with van der Waals surface area (Å²) in [4.78, 5) is 20.5. The molecule has 0 saturated carbocycles. The first-order valence-corrected chi connectivity index (χ1v) is 11.2. The lowest BCUT2D eigenvalue weighted by Crippen LogP contribution is -2.24. The Hall–Kier alpha value is -3.57. The number of anilines is 2. The van der Waals surface area contributed by atoms with Gasteiger partial charge in [0.2, 0.25) is 5.95 Å². The van der Waals surface area contributed by atoms with Gasteiger partial charge in [-0.15, -0.1) is 0 Å². The summed E-state index contributed by atoms with van der Waals surface area (Å²) in [7, 11) is 1.35. The Kier molecular flexibility index (Phi) is 7.27. The van der Waals surface area contributed by atoms with Crippen molar-refractivity contribution in [3.05, 3.63) is 53.9 Å². The second-order valence-corrected chi connectivity index (χ2v) is 8.49. The largest absolute Gasteiger partial charge is 0.494 e. The molecule has 3 heterocycles. The molecule has 4 rings (SSSR count). The zero-order valence-corrected chi connectivity index (χ0v) is 20.1. The minimum Gasteiger partial charge on any atom is -0.494 e. The van der Waals surface area contributed by atoms with Crippen LogP contribution in [0.4, 0.5) is 16.0 Å². The van der Waals surface area contributed by atoms with Crippen molar-refractivity contribution in [3.8, 4) is 11.5 Å². The SMILES string of the molecule is CCC(=O)c1cc(COc2cnc(Nc3cnn(C[C@H]4COC(C)(C)O4)c3)nc2)c(F)c(OC)c1. The molecular formula is C24H28FN5O5. The van der Waals surface area contributed by atoms with E-state index >= 15 is 0 Å². The van der Waals surface area contributed by atoms with Crippen LogP contribution >= 0.6 is 0 Å². The van der Waals surface area contributed by atoms with Gasteiger partial charge in [0.1, 0.15) is 12.7 Å². The lowest BCUT2D eigenvalue weighted by molar-refractivity contribution is -0.139. The van der Waals surface area contributed by atoms with E-state index in [-0.39, 0.29) is 29.8 Å². The molecule has 1 fully saturated rings. The second kappa shape index (κ2) is 10.4. The molecule has 35 heavy (non-hydrogen) atoms. The van der Waals surface area contributed by atoms with Crippen molar-refractivity contribution in [2.24, 2.45) is 0 Å². The maximum absolute atomic E-state index is 14.6. The Balaban J connectivity index is 1.35. The van der Waals surface area contributed by atoms with Gasteiger partial charge in [-0.3, -0.25) is 9.48 Å². The smallest absolute Gasteiger partial charge is 0.227 e. The number of aromatic nitrogens is 4. The number of halogens is 1. The fraction of sp³-hybridized carbons (Fsp3) is 0.417. The Bertz CT molecular complexity index is 1180. The number of benzene rings is 1. The summed E-state index contributed by atoms with van der Waals surface area (Å²) in [6.07, 6.45) is 6.66. The molecule has 1 aliphatic heterocycles. The Morgan fingerprint density at radius 3 is 2.71 bits per heavy atom. The molecule has 186 valence electrons. The molecule has 0 radical (unpaired) electrons. The molecule has 3 aromatic rings. The normalized spacial score (nSPS) is 16.8. The van der Waals surface area contributed by atoms with Gasteiger partial charge < -0.3 is 24.3 Å². The summed E-state index contributed by atoms with van der Waals surface area (Å²) in [6.45, 7) is 6.46. The molecule has 0 amide bonds. The zero-order chi connectivity index (χ0) is 25.0. The van der Waals surface area contributed by atoms with Crippen LogP contribution in [0, 0.1) is 5.82 Å². The van der Waals surface area contributed by atoms with Gasteiger partial charge in [0.25, 0.3) is 0 Å². The summed E-state index contributed by atoms with van der Waals surface area (Å²) in [6, 6.07) is 2.87. The summed E-state index contributed by atoms with van der Waals surface area (Å²) in [5.74, 6) is -0.576. The predicted octanol–water partition coefficient (Wildman–Crippen LogP) is 3.89. The van der Waals surface area contributed by atoms with E-state index in [0.29, 0.717) is 42.5 Å². The molecule has 1 saturated heterocycles. The van der Waals surface area contributed by atoms with Gasteiger partial charge in [0.15, 0.2) is 28.9 Å². The molecule has 0 spiro atoms. The number of hydrogen-bond acceptors (Lipinski definition) is 9. The van der Waals surface area contributed by atoms with Crippen LogP contribution < -0.4 is 14.8 Å². The molecule has 2 aromatic heterocycles. The third-order valence-corrected chi connectivity index (χ3v) is 5.35. The number of carbonyl (C=O) groups is 1. The highest BCUT2D eigenvalue weighted by Crippen LogP contribution is 2.26. The van der Waals surface area contributed by atoms with Gasteiger partial charge in [-0.25, -0.2) is 14.4 Å². The standard InChI is InChI=1S/C24H28FN5O5/c1-5-20(31)15-6-16(22(25)21(7-15)32-4)13-33-18-9-26-23(27-10-18)29-17-8-28-30(11-17)12-19-14-34-24(2,3)35-19/h6-11,19H,5,12-14H2,1-4H3,(H,26,27,29)/t19-/m0/s1. The monoisotopic (exact) mass is 485 g/mol. The number of rotatable bonds is 10. The number of methoxy groups -OCH3 is 1. The quantitative estimate of drug-likeness (QED) is 0.428. The highest BCUT2D eigenvalue weighted by atomic mass is 19.1. The van der Waals surface area contributed by atoms with E-state index in [1.165, 1.54) is 31.6 Å². The van der Waals surface area contributed by atoms with Crippen molar-refractivity contribution >= 4 is 17.4 Å². The summed E-state index contributed by atoms with van der Waals surface area (Å²) < 4.78 is 38.4. The van der Waals surface area contributed by atoms with E-state index in [2.05, 4.69) is 20.4 Å². The predicted molar refractivity (Wildman–Crippen MR) is 124 cm³/mol. The molecule has 0 aliphatic carbocycles. The molecule has 0 bridgehead atoms.